The van der Waals surface area contributed by atoms with E-state index in [9.17, 15) is 0 Å². The zero-order valence-electron chi connectivity index (χ0n) is 14.4. The highest BCUT2D eigenvalue weighted by Crippen LogP contribution is 2.14. The Bertz CT molecular complexity index is 841. The molecule has 0 atom stereocenters. The molecule has 0 saturated heterocycles. The Kier molecular flexibility index (Phi) is 6.22. The first kappa shape index (κ1) is 17.9. The van der Waals surface area contributed by atoms with E-state index >= 15 is 0 Å². The molecule has 0 aliphatic heterocycles. The SMILES string of the molecule is COc1cccc(CCNc2nncc(NCc3ccc(Cl)cc3)n2)c1. The lowest BCUT2D eigenvalue weighted by molar-refractivity contribution is 0.414. The van der Waals surface area contributed by atoms with Gasteiger partial charge in [-0.2, -0.15) is 10.1 Å². The largest absolute Gasteiger partial charge is 0.497 e. The van der Waals surface area contributed by atoms with E-state index < -0.39 is 0 Å². The van der Waals surface area contributed by atoms with Gasteiger partial charge in [-0.15, -0.1) is 5.10 Å². The van der Waals surface area contributed by atoms with Crippen molar-refractivity contribution in [1.82, 2.24) is 15.2 Å². The van der Waals surface area contributed by atoms with E-state index in [4.69, 9.17) is 16.3 Å². The average molecular weight is 370 g/mol. The zero-order valence-corrected chi connectivity index (χ0v) is 15.2. The Labute approximate surface area is 157 Å². The summed E-state index contributed by atoms with van der Waals surface area (Å²) in [6.45, 7) is 1.34. The van der Waals surface area contributed by atoms with Crippen LogP contribution < -0.4 is 15.4 Å². The maximum Gasteiger partial charge on any atom is 0.244 e. The maximum atomic E-state index is 5.89. The number of hydrogen-bond donors (Lipinski definition) is 2. The van der Waals surface area contributed by atoms with Crippen LogP contribution in [-0.2, 0) is 13.0 Å². The standard InChI is InChI=1S/C19H20ClN5O/c1-26-17-4-2-3-14(11-17)9-10-21-19-24-18(13-23-25-19)22-12-15-5-7-16(20)8-6-15/h2-8,11,13H,9-10,12H2,1H3,(H2,21,22,24,25). The monoisotopic (exact) mass is 369 g/mol. The van der Waals surface area contributed by atoms with Crippen molar-refractivity contribution in [1.29, 1.82) is 0 Å². The minimum atomic E-state index is 0.494. The number of aromatic nitrogens is 3. The predicted molar refractivity (Wildman–Crippen MR) is 104 cm³/mol. The number of anilines is 2. The normalized spacial score (nSPS) is 10.4. The van der Waals surface area contributed by atoms with Crippen molar-refractivity contribution in [3.05, 3.63) is 70.9 Å². The van der Waals surface area contributed by atoms with Gasteiger partial charge in [0, 0.05) is 18.1 Å². The van der Waals surface area contributed by atoms with Crippen molar-refractivity contribution < 1.29 is 4.74 Å². The predicted octanol–water partition coefficient (Wildman–Crippen LogP) is 3.80. The van der Waals surface area contributed by atoms with Gasteiger partial charge in [-0.05, 0) is 41.8 Å². The third-order valence-electron chi connectivity index (χ3n) is 3.78. The van der Waals surface area contributed by atoms with Crippen LogP contribution in [-0.4, -0.2) is 28.8 Å². The van der Waals surface area contributed by atoms with Crippen LogP contribution in [0.15, 0.2) is 54.7 Å². The first-order chi connectivity index (χ1) is 12.7. The van der Waals surface area contributed by atoms with Crippen LogP contribution in [0.5, 0.6) is 5.75 Å². The quantitative estimate of drug-likeness (QED) is 0.629. The molecular formula is C19H20ClN5O. The average Bonchev–Trinajstić information content (AvgIpc) is 2.68. The van der Waals surface area contributed by atoms with Crippen molar-refractivity contribution in [2.24, 2.45) is 0 Å². The zero-order chi connectivity index (χ0) is 18.2. The lowest BCUT2D eigenvalue weighted by Crippen LogP contribution is -2.10. The number of halogens is 1. The molecule has 0 amide bonds. The molecule has 2 aromatic carbocycles. The number of methoxy groups -OCH3 is 1. The fraction of sp³-hybridized carbons (Fsp3) is 0.211. The number of ether oxygens (including phenoxy) is 1. The van der Waals surface area contributed by atoms with E-state index in [1.54, 1.807) is 13.3 Å². The fourth-order valence-corrected chi connectivity index (χ4v) is 2.53. The Balaban J connectivity index is 1.51. The van der Waals surface area contributed by atoms with E-state index in [-0.39, 0.29) is 0 Å². The molecule has 2 N–H and O–H groups in total. The third-order valence-corrected chi connectivity index (χ3v) is 4.03. The van der Waals surface area contributed by atoms with Crippen LogP contribution in [0.2, 0.25) is 5.02 Å². The van der Waals surface area contributed by atoms with Gasteiger partial charge in [-0.3, -0.25) is 0 Å². The van der Waals surface area contributed by atoms with Gasteiger partial charge in [0.2, 0.25) is 5.95 Å². The summed E-state index contributed by atoms with van der Waals surface area (Å²) in [6, 6.07) is 15.7. The van der Waals surface area contributed by atoms with Crippen molar-refractivity contribution in [3.8, 4) is 5.75 Å². The second kappa shape index (κ2) is 9.01. The molecule has 0 spiro atoms. The van der Waals surface area contributed by atoms with Crippen molar-refractivity contribution in [3.63, 3.8) is 0 Å². The number of nitrogens with zero attached hydrogens (tertiary/aromatic N) is 3. The molecule has 26 heavy (non-hydrogen) atoms. The Morgan fingerprint density at radius 3 is 2.69 bits per heavy atom. The fourth-order valence-electron chi connectivity index (χ4n) is 2.41. The number of benzene rings is 2. The summed E-state index contributed by atoms with van der Waals surface area (Å²) in [7, 11) is 1.67. The molecule has 1 aromatic heterocycles. The molecule has 1 heterocycles. The van der Waals surface area contributed by atoms with Gasteiger partial charge < -0.3 is 15.4 Å². The first-order valence-corrected chi connectivity index (χ1v) is 8.65. The molecule has 3 aromatic rings. The van der Waals surface area contributed by atoms with Crippen LogP contribution in [0.25, 0.3) is 0 Å². The van der Waals surface area contributed by atoms with E-state index in [0.29, 0.717) is 24.9 Å². The second-order valence-corrected chi connectivity index (χ2v) is 6.11. The summed E-state index contributed by atoms with van der Waals surface area (Å²) in [6.07, 6.45) is 2.44. The van der Waals surface area contributed by atoms with Gasteiger partial charge >= 0.3 is 0 Å². The van der Waals surface area contributed by atoms with Crippen LogP contribution in [0, 0.1) is 0 Å². The Morgan fingerprint density at radius 1 is 1.04 bits per heavy atom. The molecule has 6 nitrogen and oxygen atoms in total. The summed E-state index contributed by atoms with van der Waals surface area (Å²) in [5, 5.41) is 15.1. The minimum Gasteiger partial charge on any atom is -0.497 e. The van der Waals surface area contributed by atoms with Gasteiger partial charge in [0.15, 0.2) is 5.82 Å². The van der Waals surface area contributed by atoms with Gasteiger partial charge in [-0.25, -0.2) is 0 Å². The van der Waals surface area contributed by atoms with E-state index in [1.807, 2.05) is 42.5 Å². The maximum absolute atomic E-state index is 5.89. The van der Waals surface area contributed by atoms with Crippen molar-refractivity contribution in [2.45, 2.75) is 13.0 Å². The third kappa shape index (κ3) is 5.32. The minimum absolute atomic E-state index is 0.494. The highest BCUT2D eigenvalue weighted by atomic mass is 35.5. The lowest BCUT2D eigenvalue weighted by atomic mass is 10.1. The van der Waals surface area contributed by atoms with Gasteiger partial charge in [0.25, 0.3) is 0 Å². The van der Waals surface area contributed by atoms with Gasteiger partial charge in [-0.1, -0.05) is 35.9 Å². The van der Waals surface area contributed by atoms with Crippen LogP contribution in [0.4, 0.5) is 11.8 Å². The van der Waals surface area contributed by atoms with Crippen molar-refractivity contribution >= 4 is 23.4 Å². The van der Waals surface area contributed by atoms with E-state index in [2.05, 4.69) is 31.9 Å². The summed E-state index contributed by atoms with van der Waals surface area (Å²) < 4.78 is 5.23. The number of hydrogen-bond acceptors (Lipinski definition) is 6. The lowest BCUT2D eigenvalue weighted by Gasteiger charge is -2.08. The molecule has 0 aliphatic rings. The Hall–Kier alpha value is -2.86. The molecule has 3 rings (SSSR count). The molecule has 0 fully saturated rings. The topological polar surface area (TPSA) is 72.0 Å². The highest BCUT2D eigenvalue weighted by molar-refractivity contribution is 6.30. The molecule has 0 aliphatic carbocycles. The molecule has 0 radical (unpaired) electrons. The summed E-state index contributed by atoms with van der Waals surface area (Å²) in [5.41, 5.74) is 2.29. The molecule has 0 saturated carbocycles. The van der Waals surface area contributed by atoms with E-state index in [0.717, 1.165) is 22.8 Å². The summed E-state index contributed by atoms with van der Waals surface area (Å²) >= 11 is 5.89. The summed E-state index contributed by atoms with van der Waals surface area (Å²) in [4.78, 5) is 4.42. The van der Waals surface area contributed by atoms with Gasteiger partial charge in [0.05, 0.1) is 13.3 Å². The number of rotatable bonds is 8. The smallest absolute Gasteiger partial charge is 0.244 e. The molecule has 134 valence electrons. The summed E-state index contributed by atoms with van der Waals surface area (Å²) in [5.74, 6) is 2.02. The first-order valence-electron chi connectivity index (χ1n) is 8.28. The molecular weight excluding hydrogens is 350 g/mol. The molecule has 7 heteroatoms. The van der Waals surface area contributed by atoms with Gasteiger partial charge in [0.1, 0.15) is 5.75 Å². The molecule has 0 unspecified atom stereocenters. The Morgan fingerprint density at radius 2 is 1.88 bits per heavy atom. The van der Waals surface area contributed by atoms with Crippen LogP contribution in [0.3, 0.4) is 0 Å². The highest BCUT2D eigenvalue weighted by Gasteiger charge is 2.02. The molecule has 0 bridgehead atoms. The van der Waals surface area contributed by atoms with E-state index in [1.165, 1.54) is 5.56 Å². The van der Waals surface area contributed by atoms with Crippen LogP contribution in [0.1, 0.15) is 11.1 Å². The van der Waals surface area contributed by atoms with Crippen molar-refractivity contribution in [2.75, 3.05) is 24.3 Å². The second-order valence-electron chi connectivity index (χ2n) is 5.67. The van der Waals surface area contributed by atoms with Crippen LogP contribution >= 0.6 is 11.6 Å². The number of nitrogens with one attached hydrogen (secondary N) is 2.